The Morgan fingerprint density at radius 1 is 1.11 bits per heavy atom. The molecule has 0 unspecified atom stereocenters. The quantitative estimate of drug-likeness (QED) is 0.490. The summed E-state index contributed by atoms with van der Waals surface area (Å²) in [6, 6.07) is 0.0676. The van der Waals surface area contributed by atoms with Gasteiger partial charge in [0.1, 0.15) is 0 Å². The number of hydrogen-bond donors (Lipinski definition) is 1. The molecule has 0 aromatic heterocycles. The SMILES string of the molecule is COC(=O)c1cc(C(F)(F)F)cc(C(F)(F)F)c1N. The predicted octanol–water partition coefficient (Wildman–Crippen LogP) is 3.09. The van der Waals surface area contributed by atoms with Crippen LogP contribution in [0.5, 0.6) is 0 Å². The van der Waals surface area contributed by atoms with Gasteiger partial charge in [0, 0.05) is 0 Å². The summed E-state index contributed by atoms with van der Waals surface area (Å²) in [6.45, 7) is 0. The summed E-state index contributed by atoms with van der Waals surface area (Å²) in [4.78, 5) is 11.2. The molecule has 0 aliphatic heterocycles. The zero-order chi connectivity index (χ0) is 15.0. The number of rotatable bonds is 1. The minimum Gasteiger partial charge on any atom is -0.465 e. The molecule has 0 saturated heterocycles. The van der Waals surface area contributed by atoms with Crippen LogP contribution in [0, 0.1) is 0 Å². The summed E-state index contributed by atoms with van der Waals surface area (Å²) in [5.74, 6) is -1.38. The predicted molar refractivity (Wildman–Crippen MR) is 52.2 cm³/mol. The zero-order valence-electron chi connectivity index (χ0n) is 9.32. The monoisotopic (exact) mass is 287 g/mol. The Morgan fingerprint density at radius 3 is 2.00 bits per heavy atom. The van der Waals surface area contributed by atoms with Crippen LogP contribution in [0.25, 0.3) is 0 Å². The lowest BCUT2D eigenvalue weighted by Crippen LogP contribution is -2.17. The molecule has 19 heavy (non-hydrogen) atoms. The van der Waals surface area contributed by atoms with Crippen molar-refractivity contribution in [1.29, 1.82) is 0 Å². The number of anilines is 1. The third kappa shape index (κ3) is 3.09. The molecule has 0 atom stereocenters. The number of halogens is 6. The van der Waals surface area contributed by atoms with E-state index in [1.54, 1.807) is 0 Å². The maximum atomic E-state index is 12.6. The van der Waals surface area contributed by atoms with E-state index >= 15 is 0 Å². The first kappa shape index (κ1) is 15.1. The highest BCUT2D eigenvalue weighted by molar-refractivity contribution is 5.96. The molecular formula is C10H7F6NO2. The lowest BCUT2D eigenvalue weighted by Gasteiger charge is -2.16. The number of hydrogen-bond acceptors (Lipinski definition) is 3. The van der Waals surface area contributed by atoms with Gasteiger partial charge in [-0.05, 0) is 12.1 Å². The van der Waals surface area contributed by atoms with Gasteiger partial charge >= 0.3 is 18.3 Å². The largest absolute Gasteiger partial charge is 0.465 e. The van der Waals surface area contributed by atoms with E-state index in [9.17, 15) is 31.1 Å². The highest BCUT2D eigenvalue weighted by atomic mass is 19.4. The Morgan fingerprint density at radius 2 is 1.63 bits per heavy atom. The first-order valence-electron chi connectivity index (χ1n) is 4.64. The van der Waals surface area contributed by atoms with E-state index in [2.05, 4.69) is 4.74 Å². The van der Waals surface area contributed by atoms with Gasteiger partial charge in [-0.15, -0.1) is 0 Å². The Hall–Kier alpha value is -1.93. The minimum atomic E-state index is -5.12. The van der Waals surface area contributed by atoms with E-state index in [1.165, 1.54) is 0 Å². The second-order valence-electron chi connectivity index (χ2n) is 3.47. The van der Waals surface area contributed by atoms with E-state index in [1.807, 2.05) is 0 Å². The molecule has 0 spiro atoms. The topological polar surface area (TPSA) is 52.3 Å². The van der Waals surface area contributed by atoms with Crippen LogP contribution in [0.1, 0.15) is 21.5 Å². The molecule has 1 aromatic rings. The molecule has 0 heterocycles. The van der Waals surface area contributed by atoms with Crippen molar-refractivity contribution in [3.05, 3.63) is 28.8 Å². The molecule has 106 valence electrons. The first-order valence-corrected chi connectivity index (χ1v) is 4.64. The van der Waals surface area contributed by atoms with Gasteiger partial charge in [-0.1, -0.05) is 0 Å². The van der Waals surface area contributed by atoms with Crippen LogP contribution in [-0.4, -0.2) is 13.1 Å². The van der Waals surface area contributed by atoms with Gasteiger partial charge in [-0.3, -0.25) is 0 Å². The van der Waals surface area contributed by atoms with E-state index in [0.717, 1.165) is 7.11 Å². The van der Waals surface area contributed by atoms with E-state index in [4.69, 9.17) is 5.73 Å². The Bertz CT molecular complexity index is 506. The molecular weight excluding hydrogens is 280 g/mol. The first-order chi connectivity index (χ1) is 8.48. The molecule has 1 aromatic carbocycles. The number of nitrogens with two attached hydrogens (primary N) is 1. The lowest BCUT2D eigenvalue weighted by atomic mass is 10.0. The average molecular weight is 287 g/mol. The molecule has 0 bridgehead atoms. The number of nitrogen functional groups attached to an aromatic ring is 1. The molecule has 0 aliphatic carbocycles. The molecule has 0 saturated carbocycles. The number of ether oxygens (including phenoxy) is 1. The van der Waals surface area contributed by atoms with Crippen molar-refractivity contribution in [1.82, 2.24) is 0 Å². The number of benzene rings is 1. The second-order valence-corrected chi connectivity index (χ2v) is 3.47. The van der Waals surface area contributed by atoms with E-state index < -0.39 is 40.7 Å². The number of carbonyl (C=O) groups excluding carboxylic acids is 1. The van der Waals surface area contributed by atoms with Crippen LogP contribution in [-0.2, 0) is 17.1 Å². The summed E-state index contributed by atoms with van der Waals surface area (Å²) in [5.41, 5.74) is -0.380. The van der Waals surface area contributed by atoms with Crippen molar-refractivity contribution in [3.63, 3.8) is 0 Å². The number of methoxy groups -OCH3 is 1. The fourth-order valence-electron chi connectivity index (χ4n) is 1.33. The normalized spacial score (nSPS) is 12.4. The summed E-state index contributed by atoms with van der Waals surface area (Å²) >= 11 is 0. The standard InChI is InChI=1S/C10H7F6NO2/c1-19-8(18)5-2-4(9(11,12)13)3-6(7(5)17)10(14,15)16/h2-3H,17H2,1H3. The molecule has 2 N–H and O–H groups in total. The van der Waals surface area contributed by atoms with Crippen LogP contribution in [0.4, 0.5) is 32.0 Å². The fourth-order valence-corrected chi connectivity index (χ4v) is 1.33. The third-order valence-electron chi connectivity index (χ3n) is 2.22. The maximum Gasteiger partial charge on any atom is 0.418 e. The summed E-state index contributed by atoms with van der Waals surface area (Å²) in [5, 5.41) is 0. The highest BCUT2D eigenvalue weighted by Crippen LogP contribution is 2.40. The smallest absolute Gasteiger partial charge is 0.418 e. The molecule has 0 aliphatic rings. The van der Waals surface area contributed by atoms with Gasteiger partial charge in [0.2, 0.25) is 0 Å². The van der Waals surface area contributed by atoms with Crippen LogP contribution in [0.3, 0.4) is 0 Å². The summed E-state index contributed by atoms with van der Waals surface area (Å²) in [7, 11) is 0.815. The van der Waals surface area contributed by atoms with E-state index in [0.29, 0.717) is 0 Å². The molecule has 0 fully saturated rings. The van der Waals surface area contributed by atoms with Gasteiger partial charge in [0.05, 0.1) is 29.5 Å². The van der Waals surface area contributed by atoms with Crippen LogP contribution in [0.15, 0.2) is 12.1 Å². The van der Waals surface area contributed by atoms with Crippen molar-refractivity contribution in [3.8, 4) is 0 Å². The van der Waals surface area contributed by atoms with Crippen LogP contribution in [0.2, 0.25) is 0 Å². The van der Waals surface area contributed by atoms with Gasteiger partial charge in [-0.2, -0.15) is 26.3 Å². The van der Waals surface area contributed by atoms with Gasteiger partial charge in [-0.25, -0.2) is 4.79 Å². The zero-order valence-corrected chi connectivity index (χ0v) is 9.32. The van der Waals surface area contributed by atoms with Crippen LogP contribution >= 0.6 is 0 Å². The highest BCUT2D eigenvalue weighted by Gasteiger charge is 2.40. The lowest BCUT2D eigenvalue weighted by molar-refractivity contribution is -0.142. The number of carbonyl (C=O) groups is 1. The van der Waals surface area contributed by atoms with Crippen molar-refractivity contribution in [2.75, 3.05) is 12.8 Å². The van der Waals surface area contributed by atoms with Gasteiger partial charge < -0.3 is 10.5 Å². The molecule has 0 amide bonds. The molecule has 0 radical (unpaired) electrons. The Kier molecular flexibility index (Phi) is 3.69. The van der Waals surface area contributed by atoms with Crippen molar-refractivity contribution < 1.29 is 35.9 Å². The second kappa shape index (κ2) is 4.63. The molecule has 1 rings (SSSR count). The molecule has 9 heteroatoms. The van der Waals surface area contributed by atoms with Crippen molar-refractivity contribution >= 4 is 11.7 Å². The number of esters is 1. The summed E-state index contributed by atoms with van der Waals surface area (Å²) in [6.07, 6.45) is -10.2. The third-order valence-corrected chi connectivity index (χ3v) is 2.22. The van der Waals surface area contributed by atoms with E-state index in [-0.39, 0.29) is 12.1 Å². The van der Waals surface area contributed by atoms with Gasteiger partial charge in [0.15, 0.2) is 0 Å². The van der Waals surface area contributed by atoms with Crippen molar-refractivity contribution in [2.24, 2.45) is 0 Å². The summed E-state index contributed by atoms with van der Waals surface area (Å²) < 4.78 is 79.2. The van der Waals surface area contributed by atoms with Crippen LogP contribution < -0.4 is 5.73 Å². The number of alkyl halides is 6. The van der Waals surface area contributed by atoms with Gasteiger partial charge in [0.25, 0.3) is 0 Å². The minimum absolute atomic E-state index is 0.151. The Balaban J connectivity index is 3.62. The maximum absolute atomic E-state index is 12.6. The molecule has 3 nitrogen and oxygen atoms in total. The average Bonchev–Trinajstić information content (AvgIpc) is 2.25. The fraction of sp³-hybridized carbons (Fsp3) is 0.300. The Labute approximate surface area is 102 Å². The van der Waals surface area contributed by atoms with Crippen molar-refractivity contribution in [2.45, 2.75) is 12.4 Å².